The third kappa shape index (κ3) is 5.49. The van der Waals surface area contributed by atoms with Crippen LogP contribution in [0.25, 0.3) is 0 Å². The maximum atomic E-state index is 13.0. The summed E-state index contributed by atoms with van der Waals surface area (Å²) >= 11 is 5.46. The van der Waals surface area contributed by atoms with E-state index < -0.39 is 21.5 Å². The first-order valence-corrected chi connectivity index (χ1v) is 12.2. The number of amidine groups is 1. The van der Waals surface area contributed by atoms with Crippen LogP contribution in [0, 0.1) is 5.41 Å². The van der Waals surface area contributed by atoms with Crippen LogP contribution in [0.4, 0.5) is 4.79 Å². The molecule has 0 aliphatic carbocycles. The Morgan fingerprint density at radius 3 is 2.46 bits per heavy atom. The standard InChI is InChI=1S/C17H19BrN2O5S3/c1-17(2,3)25-16(22)20-14(19)12-8-13(15(26-4)27-12)28(23,24)11-6-9(18)5-10(21)7-11/h5-8,21H,1-4H3,(H2,19,20,22). The molecule has 28 heavy (non-hydrogen) atoms. The van der Waals surface area contributed by atoms with E-state index in [0.29, 0.717) is 8.68 Å². The molecule has 7 nitrogen and oxygen atoms in total. The lowest BCUT2D eigenvalue weighted by molar-refractivity contribution is 0.0563. The fourth-order valence-corrected chi connectivity index (χ4v) is 6.70. The minimum absolute atomic E-state index is 0.00763. The van der Waals surface area contributed by atoms with Crippen molar-refractivity contribution in [1.82, 2.24) is 5.32 Å². The van der Waals surface area contributed by atoms with Crippen LogP contribution in [-0.2, 0) is 14.6 Å². The number of benzene rings is 1. The molecular formula is C17H19BrN2O5S3. The molecule has 0 bridgehead atoms. The summed E-state index contributed by atoms with van der Waals surface area (Å²) in [5.41, 5.74) is -0.721. The summed E-state index contributed by atoms with van der Waals surface area (Å²) in [6, 6.07) is 5.27. The first kappa shape index (κ1) is 22.7. The number of ether oxygens (including phenoxy) is 1. The second kappa shape index (κ2) is 8.44. The van der Waals surface area contributed by atoms with Crippen LogP contribution in [0.3, 0.4) is 0 Å². The van der Waals surface area contributed by atoms with Gasteiger partial charge in [-0.25, -0.2) is 13.2 Å². The number of alkyl carbamates (subject to hydrolysis) is 1. The Hall–Kier alpha value is -1.56. The topological polar surface area (TPSA) is 117 Å². The second-order valence-electron chi connectivity index (χ2n) is 6.62. The number of thioether (sulfide) groups is 1. The van der Waals surface area contributed by atoms with Crippen LogP contribution in [0.5, 0.6) is 5.75 Å². The number of phenolic OH excluding ortho intramolecular Hbond substituents is 1. The molecule has 0 aliphatic heterocycles. The zero-order chi connectivity index (χ0) is 21.3. The van der Waals surface area contributed by atoms with Gasteiger partial charge in [0.05, 0.1) is 18.9 Å². The van der Waals surface area contributed by atoms with Crippen molar-refractivity contribution in [3.63, 3.8) is 0 Å². The van der Waals surface area contributed by atoms with E-state index in [4.69, 9.17) is 10.1 Å². The van der Waals surface area contributed by atoms with Gasteiger partial charge in [0.2, 0.25) is 9.84 Å². The van der Waals surface area contributed by atoms with Gasteiger partial charge in [-0.15, -0.1) is 23.1 Å². The maximum absolute atomic E-state index is 13.0. The molecule has 0 saturated heterocycles. The van der Waals surface area contributed by atoms with E-state index >= 15 is 0 Å². The van der Waals surface area contributed by atoms with Gasteiger partial charge in [0.1, 0.15) is 17.2 Å². The van der Waals surface area contributed by atoms with Gasteiger partial charge in [0.25, 0.3) is 0 Å². The molecule has 3 N–H and O–H groups in total. The van der Waals surface area contributed by atoms with Crippen molar-refractivity contribution >= 4 is 60.8 Å². The molecule has 11 heteroatoms. The summed E-state index contributed by atoms with van der Waals surface area (Å²) in [4.78, 5) is 12.1. The highest BCUT2D eigenvalue weighted by Gasteiger charge is 2.27. The van der Waals surface area contributed by atoms with E-state index in [1.807, 2.05) is 0 Å². The van der Waals surface area contributed by atoms with Gasteiger partial charge in [-0.2, -0.15) is 0 Å². The predicted octanol–water partition coefficient (Wildman–Crippen LogP) is 4.62. The van der Waals surface area contributed by atoms with Crippen molar-refractivity contribution in [2.24, 2.45) is 0 Å². The Morgan fingerprint density at radius 1 is 1.29 bits per heavy atom. The molecule has 0 radical (unpaired) electrons. The molecule has 2 aromatic rings. The number of halogens is 1. The summed E-state index contributed by atoms with van der Waals surface area (Å²) in [5, 5.41) is 20.1. The summed E-state index contributed by atoms with van der Waals surface area (Å²) in [7, 11) is -3.94. The number of nitrogens with one attached hydrogen (secondary N) is 2. The van der Waals surface area contributed by atoms with E-state index in [0.717, 1.165) is 17.4 Å². The molecule has 2 rings (SSSR count). The molecular weight excluding hydrogens is 488 g/mol. The predicted molar refractivity (Wildman–Crippen MR) is 114 cm³/mol. The number of amides is 1. The largest absolute Gasteiger partial charge is 0.508 e. The van der Waals surface area contributed by atoms with Crippen LogP contribution in [0.15, 0.2) is 42.7 Å². The molecule has 1 heterocycles. The number of carbonyl (C=O) groups is 1. The van der Waals surface area contributed by atoms with Crippen LogP contribution < -0.4 is 5.32 Å². The monoisotopic (exact) mass is 506 g/mol. The van der Waals surface area contributed by atoms with Gasteiger partial charge in [-0.1, -0.05) is 15.9 Å². The number of hydrogen-bond acceptors (Lipinski definition) is 8. The van der Waals surface area contributed by atoms with Crippen molar-refractivity contribution in [3.8, 4) is 5.75 Å². The van der Waals surface area contributed by atoms with Crippen molar-refractivity contribution in [3.05, 3.63) is 33.6 Å². The van der Waals surface area contributed by atoms with E-state index in [1.165, 1.54) is 30.0 Å². The third-order valence-electron chi connectivity index (χ3n) is 3.18. The van der Waals surface area contributed by atoms with Crippen LogP contribution >= 0.6 is 39.0 Å². The minimum atomic E-state index is -3.94. The molecule has 1 aromatic carbocycles. The highest BCUT2D eigenvalue weighted by atomic mass is 79.9. The third-order valence-corrected chi connectivity index (χ3v) is 7.94. The molecule has 0 aliphatic rings. The smallest absolute Gasteiger partial charge is 0.413 e. The lowest BCUT2D eigenvalue weighted by atomic mass is 10.2. The summed E-state index contributed by atoms with van der Waals surface area (Å²) < 4.78 is 32.1. The molecule has 0 fully saturated rings. The Labute approximate surface area is 180 Å². The minimum Gasteiger partial charge on any atom is -0.508 e. The molecule has 1 amide bonds. The lowest BCUT2D eigenvalue weighted by Gasteiger charge is -2.19. The number of thiophene rings is 1. The number of phenols is 1. The Morgan fingerprint density at radius 2 is 1.93 bits per heavy atom. The van der Waals surface area contributed by atoms with Gasteiger partial charge in [-0.3, -0.25) is 10.7 Å². The fraction of sp³-hybridized carbons (Fsp3) is 0.294. The Balaban J connectivity index is 2.38. The lowest BCUT2D eigenvalue weighted by Crippen LogP contribution is -2.36. The molecule has 0 atom stereocenters. The number of rotatable bonds is 4. The van der Waals surface area contributed by atoms with Gasteiger partial charge in [0.15, 0.2) is 0 Å². The summed E-state index contributed by atoms with van der Waals surface area (Å²) in [6.45, 7) is 5.10. The molecule has 1 aromatic heterocycles. The second-order valence-corrected chi connectivity index (χ2v) is 11.6. The highest BCUT2D eigenvalue weighted by molar-refractivity contribution is 9.10. The normalized spacial score (nSPS) is 11.9. The SMILES string of the molecule is CSc1sc(C(=N)NC(=O)OC(C)(C)C)cc1S(=O)(=O)c1cc(O)cc(Br)c1. The number of carbonyl (C=O) groups excluding carboxylic acids is 1. The summed E-state index contributed by atoms with van der Waals surface area (Å²) in [6.07, 6.45) is 0.927. The number of sulfone groups is 1. The van der Waals surface area contributed by atoms with E-state index in [-0.39, 0.29) is 26.3 Å². The van der Waals surface area contributed by atoms with E-state index in [2.05, 4.69) is 21.2 Å². The average molecular weight is 507 g/mol. The van der Waals surface area contributed by atoms with Crippen LogP contribution in [-0.4, -0.2) is 37.3 Å². The molecule has 0 unspecified atom stereocenters. The Kier molecular flexibility index (Phi) is 6.85. The quantitative estimate of drug-likeness (QED) is 0.316. The van der Waals surface area contributed by atoms with Gasteiger partial charge in [0, 0.05) is 4.47 Å². The van der Waals surface area contributed by atoms with Gasteiger partial charge >= 0.3 is 6.09 Å². The number of aromatic hydroxyl groups is 1. The van der Waals surface area contributed by atoms with Crippen molar-refractivity contribution in [1.29, 1.82) is 5.41 Å². The average Bonchev–Trinajstić information content (AvgIpc) is 2.97. The zero-order valence-electron chi connectivity index (χ0n) is 15.5. The Bertz CT molecular complexity index is 1010. The van der Waals surface area contributed by atoms with Gasteiger partial charge < -0.3 is 9.84 Å². The maximum Gasteiger partial charge on any atom is 0.413 e. The van der Waals surface area contributed by atoms with Gasteiger partial charge in [-0.05, 0) is 51.3 Å². The van der Waals surface area contributed by atoms with E-state index in [1.54, 1.807) is 27.0 Å². The molecule has 152 valence electrons. The van der Waals surface area contributed by atoms with Crippen LogP contribution in [0.1, 0.15) is 25.6 Å². The highest BCUT2D eigenvalue weighted by Crippen LogP contribution is 2.38. The molecule has 0 saturated carbocycles. The zero-order valence-corrected chi connectivity index (χ0v) is 19.5. The van der Waals surface area contributed by atoms with Crippen LogP contribution in [0.2, 0.25) is 0 Å². The van der Waals surface area contributed by atoms with Crippen molar-refractivity contribution < 1.29 is 23.1 Å². The van der Waals surface area contributed by atoms with Crippen molar-refractivity contribution in [2.75, 3.05) is 6.26 Å². The summed E-state index contributed by atoms with van der Waals surface area (Å²) in [5.74, 6) is -0.443. The first-order chi connectivity index (χ1) is 12.8. The fourth-order valence-electron chi connectivity index (χ4n) is 2.11. The number of hydrogen-bond donors (Lipinski definition) is 3. The van der Waals surface area contributed by atoms with E-state index in [9.17, 15) is 18.3 Å². The first-order valence-electron chi connectivity index (χ1n) is 7.85. The van der Waals surface area contributed by atoms with Crippen molar-refractivity contribution in [2.45, 2.75) is 40.4 Å². The molecule has 0 spiro atoms.